The molecule has 0 saturated heterocycles. The minimum absolute atomic E-state index is 0.0221. The van der Waals surface area contributed by atoms with E-state index < -0.39 is 28.5 Å². The molecule has 0 heterocycles. The summed E-state index contributed by atoms with van der Waals surface area (Å²) in [6, 6.07) is 25.3. The van der Waals surface area contributed by atoms with Gasteiger partial charge in [-0.2, -0.15) is 0 Å². The van der Waals surface area contributed by atoms with Crippen molar-refractivity contribution in [2.24, 2.45) is 0 Å². The summed E-state index contributed by atoms with van der Waals surface area (Å²) in [5.41, 5.74) is 1.57. The molecule has 0 fully saturated rings. The first-order valence-electron chi connectivity index (χ1n) is 14.9. The molecule has 0 radical (unpaired) electrons. The van der Waals surface area contributed by atoms with E-state index in [0.717, 1.165) is 9.87 Å². The molecule has 0 spiro atoms. The van der Waals surface area contributed by atoms with E-state index in [9.17, 15) is 18.0 Å². The molecule has 47 heavy (non-hydrogen) atoms. The first kappa shape index (κ1) is 36.1. The molecule has 0 aliphatic heterocycles. The Labute approximate surface area is 291 Å². The number of anilines is 1. The number of benzene rings is 4. The van der Waals surface area contributed by atoms with E-state index in [2.05, 4.69) is 5.32 Å². The summed E-state index contributed by atoms with van der Waals surface area (Å²) < 4.78 is 34.6. The van der Waals surface area contributed by atoms with Gasteiger partial charge in [0.1, 0.15) is 18.3 Å². The zero-order valence-corrected chi connectivity index (χ0v) is 29.3. The minimum atomic E-state index is -4.28. The van der Waals surface area contributed by atoms with E-state index >= 15 is 0 Å². The topological polar surface area (TPSA) is 96.0 Å². The standard InChI is InChI=1S/C35H36Cl3N3O5S/c1-4-24(2)39-35(43)32(20-25-11-7-5-8-12-25)40(22-26-15-17-29(36)30(37)19-26)34(42)23-41(27-16-18-33(46-3)31(38)21-27)47(44,45)28-13-9-6-10-14-28/h5-19,21,24,32H,4,20,22-23H2,1-3H3,(H,39,43)/t24-,32-/m1/s1. The summed E-state index contributed by atoms with van der Waals surface area (Å²) in [5, 5.41) is 3.78. The summed E-state index contributed by atoms with van der Waals surface area (Å²) in [6.45, 7) is 3.14. The van der Waals surface area contributed by atoms with E-state index in [-0.39, 0.29) is 45.5 Å². The van der Waals surface area contributed by atoms with Gasteiger partial charge in [0.25, 0.3) is 10.0 Å². The highest BCUT2D eigenvalue weighted by atomic mass is 35.5. The van der Waals surface area contributed by atoms with Crippen molar-refractivity contribution in [3.05, 3.63) is 123 Å². The van der Waals surface area contributed by atoms with Crippen molar-refractivity contribution in [2.75, 3.05) is 18.0 Å². The van der Waals surface area contributed by atoms with Gasteiger partial charge in [0.2, 0.25) is 11.8 Å². The summed E-state index contributed by atoms with van der Waals surface area (Å²) in [5.74, 6) is -0.658. The highest BCUT2D eigenvalue weighted by Gasteiger charge is 2.35. The lowest BCUT2D eigenvalue weighted by atomic mass is 10.0. The van der Waals surface area contributed by atoms with E-state index in [1.54, 1.807) is 36.4 Å². The highest BCUT2D eigenvalue weighted by Crippen LogP contribution is 2.32. The van der Waals surface area contributed by atoms with Crippen molar-refractivity contribution in [1.82, 2.24) is 10.2 Å². The Balaban J connectivity index is 1.84. The number of methoxy groups -OCH3 is 1. The molecule has 8 nitrogen and oxygen atoms in total. The average molecular weight is 717 g/mol. The predicted molar refractivity (Wildman–Crippen MR) is 188 cm³/mol. The SMILES string of the molecule is CC[C@@H](C)NC(=O)[C@@H](Cc1ccccc1)N(Cc1ccc(Cl)c(Cl)c1)C(=O)CN(c1ccc(OC)c(Cl)c1)S(=O)(=O)c1ccccc1. The molecule has 4 rings (SSSR count). The Kier molecular flexibility index (Phi) is 12.6. The normalized spacial score (nSPS) is 12.6. The van der Waals surface area contributed by atoms with Crippen LogP contribution < -0.4 is 14.4 Å². The van der Waals surface area contributed by atoms with Gasteiger partial charge < -0.3 is 15.0 Å². The third kappa shape index (κ3) is 9.20. The summed E-state index contributed by atoms with van der Waals surface area (Å²) in [7, 11) is -2.84. The van der Waals surface area contributed by atoms with Gasteiger partial charge in [0, 0.05) is 19.0 Å². The van der Waals surface area contributed by atoms with Crippen molar-refractivity contribution in [3.8, 4) is 5.75 Å². The van der Waals surface area contributed by atoms with Crippen LogP contribution in [-0.4, -0.2) is 50.9 Å². The first-order valence-corrected chi connectivity index (χ1v) is 17.5. The molecular weight excluding hydrogens is 681 g/mol. The number of sulfonamides is 1. The van der Waals surface area contributed by atoms with Crippen molar-refractivity contribution in [1.29, 1.82) is 0 Å². The van der Waals surface area contributed by atoms with E-state index in [0.29, 0.717) is 22.8 Å². The third-order valence-electron chi connectivity index (χ3n) is 7.64. The predicted octanol–water partition coefficient (Wildman–Crippen LogP) is 7.41. The molecule has 0 saturated carbocycles. The maximum Gasteiger partial charge on any atom is 0.264 e. The van der Waals surface area contributed by atoms with Crippen LogP contribution in [0, 0.1) is 0 Å². The Morgan fingerprint density at radius 2 is 1.49 bits per heavy atom. The van der Waals surface area contributed by atoms with Gasteiger partial charge in [-0.25, -0.2) is 8.42 Å². The lowest BCUT2D eigenvalue weighted by Gasteiger charge is -2.34. The van der Waals surface area contributed by atoms with Gasteiger partial charge >= 0.3 is 0 Å². The maximum absolute atomic E-state index is 14.6. The van der Waals surface area contributed by atoms with Gasteiger partial charge in [0.05, 0.1) is 32.8 Å². The molecule has 4 aromatic carbocycles. The Morgan fingerprint density at radius 3 is 2.09 bits per heavy atom. The van der Waals surface area contributed by atoms with Crippen LogP contribution in [0.5, 0.6) is 5.75 Å². The molecule has 0 aliphatic rings. The molecule has 0 unspecified atom stereocenters. The second kappa shape index (κ2) is 16.4. The number of rotatable bonds is 14. The quantitative estimate of drug-likeness (QED) is 0.147. The maximum atomic E-state index is 14.6. The number of amides is 2. The van der Waals surface area contributed by atoms with E-state index in [1.165, 1.54) is 42.3 Å². The van der Waals surface area contributed by atoms with Crippen molar-refractivity contribution in [3.63, 3.8) is 0 Å². The van der Waals surface area contributed by atoms with Gasteiger partial charge in [0.15, 0.2) is 0 Å². The van der Waals surface area contributed by atoms with Crippen molar-refractivity contribution >= 4 is 62.3 Å². The van der Waals surface area contributed by atoms with Crippen molar-refractivity contribution in [2.45, 2.75) is 50.2 Å². The van der Waals surface area contributed by atoms with Gasteiger partial charge in [-0.05, 0) is 66.9 Å². The molecule has 2 atom stereocenters. The lowest BCUT2D eigenvalue weighted by Crippen LogP contribution is -2.54. The number of carbonyl (C=O) groups is 2. The van der Waals surface area contributed by atoms with Crippen LogP contribution in [0.15, 0.2) is 102 Å². The zero-order valence-electron chi connectivity index (χ0n) is 26.2. The molecule has 1 N–H and O–H groups in total. The fourth-order valence-corrected chi connectivity index (χ4v) is 6.89. The van der Waals surface area contributed by atoms with Gasteiger partial charge in [-0.1, -0.05) is 96.3 Å². The van der Waals surface area contributed by atoms with Crippen LogP contribution in [0.25, 0.3) is 0 Å². The molecule has 12 heteroatoms. The molecular formula is C35H36Cl3N3O5S. The van der Waals surface area contributed by atoms with Crippen LogP contribution in [0.4, 0.5) is 5.69 Å². The Morgan fingerprint density at radius 1 is 0.830 bits per heavy atom. The Hall–Kier alpha value is -3.76. The summed E-state index contributed by atoms with van der Waals surface area (Å²) >= 11 is 19.0. The monoisotopic (exact) mass is 715 g/mol. The van der Waals surface area contributed by atoms with Crippen LogP contribution in [0.2, 0.25) is 15.1 Å². The molecule has 4 aromatic rings. The molecule has 0 bridgehead atoms. The number of carbonyl (C=O) groups excluding carboxylic acids is 2. The van der Waals surface area contributed by atoms with Crippen LogP contribution in [0.3, 0.4) is 0 Å². The molecule has 2 amide bonds. The smallest absolute Gasteiger partial charge is 0.264 e. The summed E-state index contributed by atoms with van der Waals surface area (Å²) in [6.07, 6.45) is 0.849. The second-order valence-corrected chi connectivity index (χ2v) is 14.0. The number of nitrogens with one attached hydrogen (secondary N) is 1. The van der Waals surface area contributed by atoms with Crippen LogP contribution in [0.1, 0.15) is 31.4 Å². The molecule has 0 aliphatic carbocycles. The molecule has 0 aromatic heterocycles. The number of hydrogen-bond donors (Lipinski definition) is 1. The number of halogens is 3. The third-order valence-corrected chi connectivity index (χ3v) is 10.5. The molecule has 248 valence electrons. The Bertz CT molecular complexity index is 1790. The van der Waals surface area contributed by atoms with E-state index in [1.807, 2.05) is 44.2 Å². The number of hydrogen-bond acceptors (Lipinski definition) is 5. The fraction of sp³-hybridized carbons (Fsp3) is 0.257. The average Bonchev–Trinajstić information content (AvgIpc) is 3.07. The van der Waals surface area contributed by atoms with Gasteiger partial charge in [-0.3, -0.25) is 13.9 Å². The lowest BCUT2D eigenvalue weighted by molar-refractivity contribution is -0.140. The minimum Gasteiger partial charge on any atom is -0.495 e. The van der Waals surface area contributed by atoms with Crippen LogP contribution >= 0.6 is 34.8 Å². The summed E-state index contributed by atoms with van der Waals surface area (Å²) in [4.78, 5) is 29.9. The fourth-order valence-electron chi connectivity index (χ4n) is 4.89. The largest absolute Gasteiger partial charge is 0.495 e. The first-order chi connectivity index (χ1) is 22.4. The second-order valence-electron chi connectivity index (χ2n) is 10.9. The number of nitrogens with zero attached hydrogens (tertiary/aromatic N) is 2. The van der Waals surface area contributed by atoms with Gasteiger partial charge in [-0.15, -0.1) is 0 Å². The highest BCUT2D eigenvalue weighted by molar-refractivity contribution is 7.92. The van der Waals surface area contributed by atoms with Crippen LogP contribution in [-0.2, 0) is 32.6 Å². The number of ether oxygens (including phenoxy) is 1. The van der Waals surface area contributed by atoms with Crippen molar-refractivity contribution < 1.29 is 22.7 Å². The van der Waals surface area contributed by atoms with E-state index in [4.69, 9.17) is 39.5 Å². The zero-order chi connectivity index (χ0) is 34.1.